The van der Waals surface area contributed by atoms with Gasteiger partial charge in [-0.3, -0.25) is 0 Å². The molecule has 0 radical (unpaired) electrons. The molecule has 0 aliphatic carbocycles. The predicted octanol–water partition coefficient (Wildman–Crippen LogP) is 4.20. The van der Waals surface area contributed by atoms with E-state index in [-0.39, 0.29) is 6.10 Å². The van der Waals surface area contributed by atoms with Crippen molar-refractivity contribution in [3.8, 4) is 5.75 Å². The van der Waals surface area contributed by atoms with Crippen LogP contribution in [0.25, 0.3) is 0 Å². The fraction of sp³-hybridized carbons (Fsp3) is 0.278. The highest BCUT2D eigenvalue weighted by atomic mass is 16.5. The van der Waals surface area contributed by atoms with Crippen LogP contribution in [0.4, 0.5) is 17.1 Å². The molecule has 1 heterocycles. The zero-order chi connectivity index (χ0) is 15.7. The number of hydrogen-bond donors (Lipinski definition) is 2. The number of amidine groups is 1. The lowest BCUT2D eigenvalue weighted by Crippen LogP contribution is -2.36. The molecular formula is C18H21N3O. The summed E-state index contributed by atoms with van der Waals surface area (Å²) >= 11 is 0. The van der Waals surface area contributed by atoms with Crippen molar-refractivity contribution < 1.29 is 4.74 Å². The summed E-state index contributed by atoms with van der Waals surface area (Å²) in [5.41, 5.74) is 10.8. The van der Waals surface area contributed by atoms with Gasteiger partial charge >= 0.3 is 0 Å². The van der Waals surface area contributed by atoms with Gasteiger partial charge < -0.3 is 15.8 Å². The Bertz CT molecular complexity index is 737. The van der Waals surface area contributed by atoms with Gasteiger partial charge in [0, 0.05) is 5.69 Å². The Morgan fingerprint density at radius 3 is 2.73 bits per heavy atom. The van der Waals surface area contributed by atoms with Crippen LogP contribution in [0.5, 0.6) is 5.75 Å². The van der Waals surface area contributed by atoms with Gasteiger partial charge in [-0.2, -0.15) is 0 Å². The molecule has 2 aromatic rings. The molecule has 4 heteroatoms. The van der Waals surface area contributed by atoms with Gasteiger partial charge in [0.05, 0.1) is 11.4 Å². The second-order valence-corrected chi connectivity index (χ2v) is 5.68. The first-order chi connectivity index (χ1) is 10.6. The largest absolute Gasteiger partial charge is 0.480 e. The molecule has 2 aromatic carbocycles. The number of nitrogens with one attached hydrogen (secondary N) is 1. The Labute approximate surface area is 131 Å². The topological polar surface area (TPSA) is 59.6 Å². The summed E-state index contributed by atoms with van der Waals surface area (Å²) in [4.78, 5) is 4.78. The Kier molecular flexibility index (Phi) is 3.75. The van der Waals surface area contributed by atoms with Crippen LogP contribution in [0, 0.1) is 13.8 Å². The molecule has 0 bridgehead atoms. The van der Waals surface area contributed by atoms with E-state index in [0.717, 1.165) is 34.9 Å². The van der Waals surface area contributed by atoms with Crippen LogP contribution in [0.3, 0.4) is 0 Å². The van der Waals surface area contributed by atoms with Gasteiger partial charge in [-0.05, 0) is 50.1 Å². The van der Waals surface area contributed by atoms with E-state index in [1.165, 1.54) is 5.56 Å². The van der Waals surface area contributed by atoms with Gasteiger partial charge in [0.2, 0.25) is 0 Å². The number of fused-ring (bicyclic) bond motifs is 1. The van der Waals surface area contributed by atoms with Crippen molar-refractivity contribution in [1.82, 2.24) is 0 Å². The number of ether oxygens (including phenoxy) is 1. The van der Waals surface area contributed by atoms with Crippen LogP contribution in [-0.4, -0.2) is 11.9 Å². The highest BCUT2D eigenvalue weighted by Crippen LogP contribution is 2.33. The van der Waals surface area contributed by atoms with Gasteiger partial charge in [0.15, 0.2) is 6.10 Å². The molecule has 0 saturated carbocycles. The first kappa shape index (κ1) is 14.4. The molecule has 0 spiro atoms. The van der Waals surface area contributed by atoms with E-state index in [1.807, 2.05) is 24.3 Å². The predicted molar refractivity (Wildman–Crippen MR) is 92.2 cm³/mol. The Hall–Kier alpha value is -2.49. The Balaban J connectivity index is 2.00. The van der Waals surface area contributed by atoms with E-state index in [1.54, 1.807) is 0 Å². The maximum atomic E-state index is 6.04. The Morgan fingerprint density at radius 1 is 1.18 bits per heavy atom. The summed E-state index contributed by atoms with van der Waals surface area (Å²) < 4.78 is 6.04. The minimum atomic E-state index is -0.0724. The maximum Gasteiger partial charge on any atom is 0.156 e. The van der Waals surface area contributed by atoms with Gasteiger partial charge in [-0.25, -0.2) is 4.99 Å². The quantitative estimate of drug-likeness (QED) is 0.816. The van der Waals surface area contributed by atoms with Crippen molar-refractivity contribution in [2.45, 2.75) is 33.3 Å². The monoisotopic (exact) mass is 295 g/mol. The van der Waals surface area contributed by atoms with E-state index in [4.69, 9.17) is 15.5 Å². The van der Waals surface area contributed by atoms with Crippen LogP contribution in [0.2, 0.25) is 0 Å². The van der Waals surface area contributed by atoms with Crippen molar-refractivity contribution in [2.75, 3.05) is 11.1 Å². The standard InChI is InChI=1S/C18H21N3O/c1-4-16-18(20-14-7-5-11(2)9-12(14)3)21-15-10-13(19)6-8-17(15)22-16/h5-10,16H,4,19H2,1-3H3,(H,20,21). The fourth-order valence-corrected chi connectivity index (χ4v) is 2.61. The van der Waals surface area contributed by atoms with Crippen molar-refractivity contribution in [2.24, 2.45) is 4.99 Å². The van der Waals surface area contributed by atoms with Crippen LogP contribution in [0.15, 0.2) is 41.4 Å². The van der Waals surface area contributed by atoms with E-state index in [9.17, 15) is 0 Å². The average molecular weight is 295 g/mol. The number of benzene rings is 2. The zero-order valence-electron chi connectivity index (χ0n) is 13.2. The molecule has 0 aromatic heterocycles. The van der Waals surface area contributed by atoms with Crippen LogP contribution in [0.1, 0.15) is 24.5 Å². The smallest absolute Gasteiger partial charge is 0.156 e. The first-order valence-corrected chi connectivity index (χ1v) is 7.56. The van der Waals surface area contributed by atoms with E-state index in [2.05, 4.69) is 38.2 Å². The fourth-order valence-electron chi connectivity index (χ4n) is 2.61. The Morgan fingerprint density at radius 2 is 2.00 bits per heavy atom. The molecule has 1 aliphatic heterocycles. The molecule has 4 nitrogen and oxygen atoms in total. The van der Waals surface area contributed by atoms with Crippen molar-refractivity contribution in [3.05, 3.63) is 47.5 Å². The lowest BCUT2D eigenvalue weighted by molar-refractivity contribution is 0.259. The van der Waals surface area contributed by atoms with E-state index < -0.39 is 0 Å². The molecule has 1 atom stereocenters. The molecule has 1 aliphatic rings. The van der Waals surface area contributed by atoms with Crippen LogP contribution < -0.4 is 15.8 Å². The summed E-state index contributed by atoms with van der Waals surface area (Å²) in [6.45, 7) is 6.24. The van der Waals surface area contributed by atoms with Crippen LogP contribution >= 0.6 is 0 Å². The number of aryl methyl sites for hydroxylation is 2. The SMILES string of the molecule is CCC1Oc2ccc(N)cc2NC1=Nc1ccc(C)cc1C. The molecule has 0 saturated heterocycles. The van der Waals surface area contributed by atoms with Crippen LogP contribution in [-0.2, 0) is 0 Å². The molecule has 3 N–H and O–H groups in total. The van der Waals surface area contributed by atoms with Gasteiger partial charge in [0.25, 0.3) is 0 Å². The lowest BCUT2D eigenvalue weighted by Gasteiger charge is -2.28. The third-order valence-electron chi connectivity index (χ3n) is 3.80. The molecule has 3 rings (SSSR count). The minimum absolute atomic E-state index is 0.0724. The second-order valence-electron chi connectivity index (χ2n) is 5.68. The number of anilines is 2. The van der Waals surface area contributed by atoms with Gasteiger partial charge in [-0.1, -0.05) is 24.6 Å². The maximum absolute atomic E-state index is 6.04. The van der Waals surface area contributed by atoms with Gasteiger partial charge in [-0.15, -0.1) is 0 Å². The first-order valence-electron chi connectivity index (χ1n) is 7.56. The molecule has 0 fully saturated rings. The third kappa shape index (κ3) is 2.77. The molecule has 0 amide bonds. The number of nitrogens with zero attached hydrogens (tertiary/aromatic N) is 1. The summed E-state index contributed by atoms with van der Waals surface area (Å²) in [7, 11) is 0. The minimum Gasteiger partial charge on any atom is -0.480 e. The third-order valence-corrected chi connectivity index (χ3v) is 3.80. The van der Waals surface area contributed by atoms with Crippen molar-refractivity contribution in [3.63, 3.8) is 0 Å². The normalized spacial score (nSPS) is 18.5. The number of hydrogen-bond acceptors (Lipinski definition) is 3. The molecule has 114 valence electrons. The number of rotatable bonds is 2. The van der Waals surface area contributed by atoms with E-state index >= 15 is 0 Å². The molecule has 1 unspecified atom stereocenters. The molecule has 22 heavy (non-hydrogen) atoms. The number of aliphatic imine (C=N–C) groups is 1. The molecular weight excluding hydrogens is 274 g/mol. The van der Waals surface area contributed by atoms with Crippen molar-refractivity contribution in [1.29, 1.82) is 0 Å². The van der Waals surface area contributed by atoms with Crippen molar-refractivity contribution >= 4 is 22.9 Å². The zero-order valence-corrected chi connectivity index (χ0v) is 13.2. The number of nitrogen functional groups attached to an aromatic ring is 1. The summed E-state index contributed by atoms with van der Waals surface area (Å²) in [6.07, 6.45) is 0.775. The lowest BCUT2D eigenvalue weighted by atomic mass is 10.1. The summed E-state index contributed by atoms with van der Waals surface area (Å²) in [5.74, 6) is 1.65. The average Bonchev–Trinajstić information content (AvgIpc) is 2.49. The summed E-state index contributed by atoms with van der Waals surface area (Å²) in [5, 5.41) is 3.37. The summed E-state index contributed by atoms with van der Waals surface area (Å²) in [6, 6.07) is 11.9. The highest BCUT2D eigenvalue weighted by molar-refractivity contribution is 6.03. The number of nitrogens with two attached hydrogens (primary N) is 1. The highest BCUT2D eigenvalue weighted by Gasteiger charge is 2.24. The second kappa shape index (κ2) is 5.72. The van der Waals surface area contributed by atoms with Gasteiger partial charge in [0.1, 0.15) is 11.6 Å². The van der Waals surface area contributed by atoms with E-state index in [0.29, 0.717) is 5.69 Å².